The Morgan fingerprint density at radius 2 is 1.88 bits per heavy atom. The molecule has 0 aliphatic rings. The maximum atomic E-state index is 12.3. The molecule has 0 amide bonds. The standard InChI is InChI=1S/C9H17F4NO2/c1-15-6-4-14-3-2-5-16-7-9(12,13)8(10)11/h8,14H,2-7H2,1H3. The van der Waals surface area contributed by atoms with Gasteiger partial charge in [-0.15, -0.1) is 0 Å². The molecular weight excluding hydrogens is 230 g/mol. The third kappa shape index (κ3) is 7.84. The van der Waals surface area contributed by atoms with Crippen molar-refractivity contribution in [1.29, 1.82) is 0 Å². The number of ether oxygens (including phenoxy) is 2. The Labute approximate surface area is 92.1 Å². The van der Waals surface area contributed by atoms with Crippen LogP contribution in [0, 0.1) is 0 Å². The first-order valence-corrected chi connectivity index (χ1v) is 4.94. The van der Waals surface area contributed by atoms with Crippen LogP contribution in [0.15, 0.2) is 0 Å². The van der Waals surface area contributed by atoms with Crippen LogP contribution in [-0.2, 0) is 9.47 Å². The van der Waals surface area contributed by atoms with E-state index < -0.39 is 19.0 Å². The van der Waals surface area contributed by atoms with Crippen molar-refractivity contribution >= 4 is 0 Å². The monoisotopic (exact) mass is 247 g/mol. The van der Waals surface area contributed by atoms with Gasteiger partial charge in [-0.05, 0) is 13.0 Å². The number of hydrogen-bond acceptors (Lipinski definition) is 3. The van der Waals surface area contributed by atoms with Gasteiger partial charge in [-0.25, -0.2) is 8.78 Å². The fraction of sp³-hybridized carbons (Fsp3) is 1.00. The Morgan fingerprint density at radius 3 is 2.44 bits per heavy atom. The van der Waals surface area contributed by atoms with E-state index in [0.29, 0.717) is 26.1 Å². The molecular formula is C9H17F4NO2. The van der Waals surface area contributed by atoms with Gasteiger partial charge in [0.15, 0.2) is 0 Å². The first-order chi connectivity index (χ1) is 7.50. The summed E-state index contributed by atoms with van der Waals surface area (Å²) >= 11 is 0. The molecule has 0 aromatic rings. The summed E-state index contributed by atoms with van der Waals surface area (Å²) < 4.78 is 57.2. The van der Waals surface area contributed by atoms with Gasteiger partial charge in [-0.1, -0.05) is 0 Å². The van der Waals surface area contributed by atoms with Crippen LogP contribution in [0.4, 0.5) is 17.6 Å². The first kappa shape index (κ1) is 15.6. The number of nitrogens with one attached hydrogen (secondary N) is 1. The lowest BCUT2D eigenvalue weighted by molar-refractivity contribution is -0.165. The fourth-order valence-electron chi connectivity index (χ4n) is 0.870. The molecule has 0 aromatic heterocycles. The minimum absolute atomic E-state index is 0.0301. The topological polar surface area (TPSA) is 30.5 Å². The van der Waals surface area contributed by atoms with Crippen molar-refractivity contribution in [3.8, 4) is 0 Å². The fourth-order valence-corrected chi connectivity index (χ4v) is 0.870. The second-order valence-corrected chi connectivity index (χ2v) is 3.21. The van der Waals surface area contributed by atoms with Crippen molar-refractivity contribution in [3.63, 3.8) is 0 Å². The van der Waals surface area contributed by atoms with E-state index in [0.717, 1.165) is 0 Å². The van der Waals surface area contributed by atoms with Gasteiger partial charge in [0.2, 0.25) is 0 Å². The van der Waals surface area contributed by atoms with Crippen LogP contribution >= 0.6 is 0 Å². The molecule has 0 atom stereocenters. The SMILES string of the molecule is COCCNCCCOCC(F)(F)C(F)F. The molecule has 0 fully saturated rings. The van der Waals surface area contributed by atoms with E-state index in [4.69, 9.17) is 4.74 Å². The Balaban J connectivity index is 3.27. The molecule has 0 aliphatic carbocycles. The molecule has 0 saturated carbocycles. The normalized spacial score (nSPS) is 12.4. The molecule has 0 heterocycles. The molecule has 98 valence electrons. The molecule has 0 spiro atoms. The molecule has 0 aromatic carbocycles. The second-order valence-electron chi connectivity index (χ2n) is 3.21. The highest BCUT2D eigenvalue weighted by Crippen LogP contribution is 2.22. The predicted molar refractivity (Wildman–Crippen MR) is 51.1 cm³/mol. The van der Waals surface area contributed by atoms with Crippen LogP contribution < -0.4 is 5.32 Å². The highest BCUT2D eigenvalue weighted by atomic mass is 19.3. The van der Waals surface area contributed by atoms with Crippen LogP contribution in [0.5, 0.6) is 0 Å². The summed E-state index contributed by atoms with van der Waals surface area (Å²) in [6.07, 6.45) is -3.18. The van der Waals surface area contributed by atoms with Crippen molar-refractivity contribution in [2.24, 2.45) is 0 Å². The highest BCUT2D eigenvalue weighted by molar-refractivity contribution is 4.67. The lowest BCUT2D eigenvalue weighted by Gasteiger charge is -2.15. The summed E-state index contributed by atoms with van der Waals surface area (Å²) in [6, 6.07) is 0. The molecule has 7 heteroatoms. The molecule has 0 unspecified atom stereocenters. The Kier molecular flexibility index (Phi) is 8.50. The second kappa shape index (κ2) is 8.72. The number of halogens is 4. The molecule has 0 radical (unpaired) electrons. The number of methoxy groups -OCH3 is 1. The molecule has 0 aliphatic heterocycles. The predicted octanol–water partition coefficient (Wildman–Crippen LogP) is 1.53. The van der Waals surface area contributed by atoms with Crippen molar-refractivity contribution in [1.82, 2.24) is 5.32 Å². The van der Waals surface area contributed by atoms with Crippen molar-refractivity contribution < 1.29 is 27.0 Å². The lowest BCUT2D eigenvalue weighted by Crippen LogP contribution is -2.32. The lowest BCUT2D eigenvalue weighted by atomic mass is 10.4. The van der Waals surface area contributed by atoms with E-state index in [9.17, 15) is 17.6 Å². The molecule has 3 nitrogen and oxygen atoms in total. The summed E-state index contributed by atoms with van der Waals surface area (Å²) in [5, 5.41) is 2.97. The summed E-state index contributed by atoms with van der Waals surface area (Å²) in [5.41, 5.74) is 0. The molecule has 0 bridgehead atoms. The van der Waals surface area contributed by atoms with Crippen LogP contribution in [0.25, 0.3) is 0 Å². The van der Waals surface area contributed by atoms with Crippen molar-refractivity contribution in [3.05, 3.63) is 0 Å². The van der Waals surface area contributed by atoms with E-state index in [1.165, 1.54) is 0 Å². The minimum atomic E-state index is -4.05. The van der Waals surface area contributed by atoms with Crippen LogP contribution in [-0.4, -0.2) is 52.4 Å². The quantitative estimate of drug-likeness (QED) is 0.469. The summed E-state index contributed by atoms with van der Waals surface area (Å²) in [6.45, 7) is 0.586. The first-order valence-electron chi connectivity index (χ1n) is 4.94. The van der Waals surface area contributed by atoms with E-state index in [1.807, 2.05) is 0 Å². The Bertz CT molecular complexity index is 170. The number of rotatable bonds is 10. The van der Waals surface area contributed by atoms with Crippen molar-refractivity contribution in [2.75, 3.05) is 40.0 Å². The smallest absolute Gasteiger partial charge is 0.330 e. The maximum Gasteiger partial charge on any atom is 0.330 e. The van der Waals surface area contributed by atoms with Gasteiger partial charge in [-0.3, -0.25) is 0 Å². The molecule has 1 N–H and O–H groups in total. The number of alkyl halides is 4. The summed E-state index contributed by atoms with van der Waals surface area (Å²) in [4.78, 5) is 0. The van der Waals surface area contributed by atoms with Gasteiger partial charge in [0.05, 0.1) is 6.61 Å². The zero-order chi connectivity index (χ0) is 12.4. The van der Waals surface area contributed by atoms with Crippen LogP contribution in [0.1, 0.15) is 6.42 Å². The van der Waals surface area contributed by atoms with Gasteiger partial charge in [0.1, 0.15) is 6.61 Å². The van der Waals surface area contributed by atoms with Gasteiger partial charge in [-0.2, -0.15) is 8.78 Å². The van der Waals surface area contributed by atoms with E-state index in [-0.39, 0.29) is 6.61 Å². The molecule has 0 rings (SSSR count). The summed E-state index contributed by atoms with van der Waals surface area (Å²) in [7, 11) is 1.57. The molecule has 0 saturated heterocycles. The third-order valence-electron chi connectivity index (χ3n) is 1.74. The molecule has 16 heavy (non-hydrogen) atoms. The Hall–Kier alpha value is -0.400. The zero-order valence-corrected chi connectivity index (χ0v) is 9.15. The maximum absolute atomic E-state index is 12.3. The average molecular weight is 247 g/mol. The van der Waals surface area contributed by atoms with Gasteiger partial charge in [0, 0.05) is 20.3 Å². The minimum Gasteiger partial charge on any atom is -0.383 e. The third-order valence-corrected chi connectivity index (χ3v) is 1.74. The Morgan fingerprint density at radius 1 is 1.19 bits per heavy atom. The van der Waals surface area contributed by atoms with E-state index >= 15 is 0 Å². The zero-order valence-electron chi connectivity index (χ0n) is 9.15. The van der Waals surface area contributed by atoms with Gasteiger partial charge in [0.25, 0.3) is 0 Å². The largest absolute Gasteiger partial charge is 0.383 e. The van der Waals surface area contributed by atoms with Crippen molar-refractivity contribution in [2.45, 2.75) is 18.8 Å². The van der Waals surface area contributed by atoms with Crippen LogP contribution in [0.2, 0.25) is 0 Å². The van der Waals surface area contributed by atoms with E-state index in [1.54, 1.807) is 7.11 Å². The highest BCUT2D eigenvalue weighted by Gasteiger charge is 2.40. The summed E-state index contributed by atoms with van der Waals surface area (Å²) in [5.74, 6) is -4.05. The average Bonchev–Trinajstić information content (AvgIpc) is 2.21. The van der Waals surface area contributed by atoms with Crippen LogP contribution in [0.3, 0.4) is 0 Å². The van der Waals surface area contributed by atoms with E-state index in [2.05, 4.69) is 10.1 Å². The van der Waals surface area contributed by atoms with Gasteiger partial charge < -0.3 is 14.8 Å². The number of hydrogen-bond donors (Lipinski definition) is 1. The van der Waals surface area contributed by atoms with Gasteiger partial charge >= 0.3 is 12.3 Å².